The van der Waals surface area contributed by atoms with E-state index in [0.29, 0.717) is 13.2 Å². The molecule has 0 aromatic heterocycles. The van der Waals surface area contributed by atoms with Crippen molar-refractivity contribution in [3.63, 3.8) is 0 Å². The minimum absolute atomic E-state index is 0.127. The standard InChI is InChI=1S/C23H26BrNO4/c1-3-15-29-22(19-7-9-20(24)10-8-19)23(26)25-14-13-18-5-11-21(12-6-18)28-17-4-16-27-2/h5-12,22H,3,13-15,17H2,1-2H3,(H,25,26). The summed E-state index contributed by atoms with van der Waals surface area (Å²) in [6.45, 7) is 3.36. The molecule has 0 spiro atoms. The molecule has 0 aliphatic rings. The summed E-state index contributed by atoms with van der Waals surface area (Å²) in [4.78, 5) is 12.7. The fourth-order valence-electron chi connectivity index (χ4n) is 2.59. The number of ether oxygens (including phenoxy) is 3. The van der Waals surface area contributed by atoms with E-state index in [4.69, 9.17) is 9.47 Å². The summed E-state index contributed by atoms with van der Waals surface area (Å²) in [6, 6.07) is 15.4. The minimum atomic E-state index is -0.605. The Morgan fingerprint density at radius 2 is 1.86 bits per heavy atom. The Morgan fingerprint density at radius 1 is 1.14 bits per heavy atom. The zero-order valence-electron chi connectivity index (χ0n) is 16.7. The van der Waals surface area contributed by atoms with Crippen molar-refractivity contribution in [2.45, 2.75) is 25.9 Å². The number of nitrogens with one attached hydrogen (secondary N) is 1. The van der Waals surface area contributed by atoms with Crippen molar-refractivity contribution in [3.8, 4) is 17.8 Å². The average molecular weight is 460 g/mol. The molecule has 0 heterocycles. The van der Waals surface area contributed by atoms with E-state index in [0.717, 1.165) is 34.2 Å². The number of rotatable bonds is 10. The second-order valence-corrected chi connectivity index (χ2v) is 7.17. The molecule has 2 rings (SSSR count). The lowest BCUT2D eigenvalue weighted by Gasteiger charge is -2.18. The Balaban J connectivity index is 1.85. The molecule has 0 saturated carbocycles. The van der Waals surface area contributed by atoms with Gasteiger partial charge in [-0.05, 0) is 54.2 Å². The summed E-state index contributed by atoms with van der Waals surface area (Å²) < 4.78 is 16.9. The molecular formula is C23H26BrNO4. The summed E-state index contributed by atoms with van der Waals surface area (Å²) >= 11 is 3.42. The molecule has 2 aromatic carbocycles. The predicted octanol–water partition coefficient (Wildman–Crippen LogP) is 4.26. The maximum atomic E-state index is 12.7. The molecule has 2 aromatic rings. The third-order valence-electron chi connectivity index (χ3n) is 4.02. The van der Waals surface area contributed by atoms with Crippen LogP contribution in [0.15, 0.2) is 53.0 Å². The molecule has 6 heteroatoms. The Bertz CT molecular complexity index is 810. The highest BCUT2D eigenvalue weighted by molar-refractivity contribution is 9.10. The van der Waals surface area contributed by atoms with Gasteiger partial charge in [-0.3, -0.25) is 4.79 Å². The first kappa shape index (κ1) is 22.8. The maximum Gasteiger partial charge on any atom is 0.253 e. The van der Waals surface area contributed by atoms with Crippen LogP contribution in [0.3, 0.4) is 0 Å². The lowest BCUT2D eigenvalue weighted by molar-refractivity contribution is -0.133. The molecule has 0 bridgehead atoms. The summed E-state index contributed by atoms with van der Waals surface area (Å²) in [5.74, 6) is 3.34. The van der Waals surface area contributed by atoms with E-state index in [1.165, 1.54) is 7.11 Å². The number of benzene rings is 2. The predicted molar refractivity (Wildman–Crippen MR) is 117 cm³/mol. The smallest absolute Gasteiger partial charge is 0.253 e. The van der Waals surface area contributed by atoms with Gasteiger partial charge >= 0.3 is 0 Å². The Hall–Kier alpha value is -2.49. The van der Waals surface area contributed by atoms with Crippen molar-refractivity contribution in [2.24, 2.45) is 0 Å². The van der Waals surface area contributed by atoms with Crippen LogP contribution in [0, 0.1) is 12.0 Å². The largest absolute Gasteiger partial charge is 0.481 e. The SMILES string of the molecule is CCCOC(C(=O)NCCc1ccc(OCC#COC)cc1)c1ccc(Br)cc1. The van der Waals surface area contributed by atoms with Crippen LogP contribution in [0.4, 0.5) is 0 Å². The van der Waals surface area contributed by atoms with Gasteiger partial charge in [-0.25, -0.2) is 0 Å². The number of hydrogen-bond donors (Lipinski definition) is 1. The van der Waals surface area contributed by atoms with Crippen LogP contribution >= 0.6 is 15.9 Å². The van der Waals surface area contributed by atoms with Gasteiger partial charge in [0.2, 0.25) is 0 Å². The fraction of sp³-hybridized carbons (Fsp3) is 0.348. The highest BCUT2D eigenvalue weighted by Gasteiger charge is 2.20. The summed E-state index contributed by atoms with van der Waals surface area (Å²) in [5, 5.41) is 2.98. The zero-order valence-corrected chi connectivity index (χ0v) is 18.3. The third-order valence-corrected chi connectivity index (χ3v) is 4.55. The molecule has 1 unspecified atom stereocenters. The molecule has 154 valence electrons. The van der Waals surface area contributed by atoms with Gasteiger partial charge in [-0.1, -0.05) is 47.1 Å². The first-order valence-electron chi connectivity index (χ1n) is 9.51. The van der Waals surface area contributed by atoms with Crippen LogP contribution in [0.5, 0.6) is 5.75 Å². The van der Waals surface area contributed by atoms with Crippen molar-refractivity contribution >= 4 is 21.8 Å². The number of amides is 1. The first-order chi connectivity index (χ1) is 14.1. The molecule has 0 fully saturated rings. The molecule has 0 aliphatic heterocycles. The number of halogens is 1. The van der Waals surface area contributed by atoms with Crippen molar-refractivity contribution in [2.75, 3.05) is 26.9 Å². The van der Waals surface area contributed by atoms with Gasteiger partial charge < -0.3 is 19.5 Å². The van der Waals surface area contributed by atoms with Gasteiger partial charge in [0.05, 0.1) is 7.11 Å². The molecule has 29 heavy (non-hydrogen) atoms. The van der Waals surface area contributed by atoms with Gasteiger partial charge in [0, 0.05) is 17.6 Å². The number of carbonyl (C=O) groups excluding carboxylic acids is 1. The molecule has 1 N–H and O–H groups in total. The molecule has 1 atom stereocenters. The van der Waals surface area contributed by atoms with E-state index in [1.807, 2.05) is 55.5 Å². The first-order valence-corrected chi connectivity index (χ1v) is 10.3. The number of hydrogen-bond acceptors (Lipinski definition) is 4. The Kier molecular flexibility index (Phi) is 10.1. The van der Waals surface area contributed by atoms with Crippen LogP contribution in [0.1, 0.15) is 30.6 Å². The zero-order chi connectivity index (χ0) is 20.9. The highest BCUT2D eigenvalue weighted by Crippen LogP contribution is 2.21. The van der Waals surface area contributed by atoms with E-state index in [1.54, 1.807) is 0 Å². The summed E-state index contributed by atoms with van der Waals surface area (Å²) in [5.41, 5.74) is 1.95. The van der Waals surface area contributed by atoms with Gasteiger partial charge in [0.15, 0.2) is 12.7 Å². The van der Waals surface area contributed by atoms with Crippen LogP contribution in [-0.4, -0.2) is 32.8 Å². The van der Waals surface area contributed by atoms with Crippen LogP contribution in [-0.2, 0) is 20.7 Å². The third kappa shape index (κ3) is 8.18. The summed E-state index contributed by atoms with van der Waals surface area (Å²) in [7, 11) is 1.51. The van der Waals surface area contributed by atoms with E-state index < -0.39 is 6.10 Å². The van der Waals surface area contributed by atoms with E-state index in [2.05, 4.69) is 38.0 Å². The molecule has 5 nitrogen and oxygen atoms in total. The normalized spacial score (nSPS) is 11.1. The molecular weight excluding hydrogens is 434 g/mol. The quantitative estimate of drug-likeness (QED) is 0.539. The molecule has 1 amide bonds. The Labute approximate surface area is 180 Å². The fourth-order valence-corrected chi connectivity index (χ4v) is 2.86. The van der Waals surface area contributed by atoms with Gasteiger partial charge in [0.1, 0.15) is 11.9 Å². The number of methoxy groups -OCH3 is 1. The lowest BCUT2D eigenvalue weighted by atomic mass is 10.1. The van der Waals surface area contributed by atoms with Crippen molar-refractivity contribution in [1.29, 1.82) is 0 Å². The average Bonchev–Trinajstić information content (AvgIpc) is 2.74. The Morgan fingerprint density at radius 3 is 2.52 bits per heavy atom. The molecule has 0 saturated heterocycles. The van der Waals surface area contributed by atoms with E-state index in [9.17, 15) is 4.79 Å². The van der Waals surface area contributed by atoms with Crippen molar-refractivity contribution in [3.05, 3.63) is 64.1 Å². The van der Waals surface area contributed by atoms with Crippen molar-refractivity contribution in [1.82, 2.24) is 5.32 Å². The molecule has 0 aliphatic carbocycles. The van der Waals surface area contributed by atoms with Crippen LogP contribution < -0.4 is 10.1 Å². The maximum absolute atomic E-state index is 12.7. The second-order valence-electron chi connectivity index (χ2n) is 6.26. The highest BCUT2D eigenvalue weighted by atomic mass is 79.9. The van der Waals surface area contributed by atoms with Crippen LogP contribution in [0.2, 0.25) is 0 Å². The van der Waals surface area contributed by atoms with E-state index >= 15 is 0 Å². The molecule has 0 radical (unpaired) electrons. The number of carbonyl (C=O) groups is 1. The van der Waals surface area contributed by atoms with Gasteiger partial charge in [-0.15, -0.1) is 0 Å². The minimum Gasteiger partial charge on any atom is -0.481 e. The van der Waals surface area contributed by atoms with Crippen molar-refractivity contribution < 1.29 is 19.0 Å². The topological polar surface area (TPSA) is 56.8 Å². The van der Waals surface area contributed by atoms with E-state index in [-0.39, 0.29) is 12.5 Å². The lowest BCUT2D eigenvalue weighted by Crippen LogP contribution is -2.32. The second kappa shape index (κ2) is 12.9. The van der Waals surface area contributed by atoms with Crippen LogP contribution in [0.25, 0.3) is 0 Å². The van der Waals surface area contributed by atoms with Gasteiger partial charge in [0.25, 0.3) is 5.91 Å². The monoisotopic (exact) mass is 459 g/mol. The van der Waals surface area contributed by atoms with Gasteiger partial charge in [-0.2, -0.15) is 0 Å². The summed E-state index contributed by atoms with van der Waals surface area (Å²) in [6.07, 6.45) is 3.44.